The molecule has 1 aromatic carbocycles. The van der Waals surface area contributed by atoms with E-state index in [1.165, 1.54) is 4.31 Å². The largest absolute Gasteiger partial charge is 0.490 e. The number of aldehydes is 1. The van der Waals surface area contributed by atoms with Crippen LogP contribution in [0.5, 0.6) is 5.75 Å². The Morgan fingerprint density at radius 3 is 2.31 bits per heavy atom. The van der Waals surface area contributed by atoms with Gasteiger partial charge in [-0.1, -0.05) is 0 Å². The van der Waals surface area contributed by atoms with Gasteiger partial charge < -0.3 is 4.74 Å². The van der Waals surface area contributed by atoms with Crippen molar-refractivity contribution in [1.29, 1.82) is 0 Å². The highest BCUT2D eigenvalue weighted by Crippen LogP contribution is 2.33. The van der Waals surface area contributed by atoms with Gasteiger partial charge in [-0.25, -0.2) is 13.4 Å². The van der Waals surface area contributed by atoms with E-state index in [2.05, 4.69) is 4.98 Å². The van der Waals surface area contributed by atoms with Crippen LogP contribution in [0, 0.1) is 13.8 Å². The average Bonchev–Trinajstić information content (AvgIpc) is 2.87. The molecule has 2 aromatic rings. The maximum absolute atomic E-state index is 13.2. The van der Waals surface area contributed by atoms with Crippen molar-refractivity contribution in [3.63, 3.8) is 0 Å². The molecular formula is C18H24N2O4S2. The number of carbonyl (C=O) groups is 1. The minimum Gasteiger partial charge on any atom is -0.490 e. The van der Waals surface area contributed by atoms with Crippen LogP contribution in [0.1, 0.15) is 48.8 Å². The maximum atomic E-state index is 13.2. The van der Waals surface area contributed by atoms with E-state index in [1.807, 2.05) is 13.8 Å². The maximum Gasteiger partial charge on any atom is 0.275 e. The summed E-state index contributed by atoms with van der Waals surface area (Å²) in [5.74, 6) is 0.435. The van der Waals surface area contributed by atoms with Crippen LogP contribution >= 0.6 is 11.3 Å². The van der Waals surface area contributed by atoms with Crippen molar-refractivity contribution >= 4 is 33.3 Å². The summed E-state index contributed by atoms with van der Waals surface area (Å²) in [6, 6.07) is 4.50. The predicted molar refractivity (Wildman–Crippen MR) is 104 cm³/mol. The van der Waals surface area contributed by atoms with Crippen molar-refractivity contribution < 1.29 is 17.9 Å². The standard InChI is InChI=1S/C18H24N2O4S2/c1-11(2)20(26(22,23)18-13(5)19-14(6)25-18)16-7-8-17(24-12(3)4)15(9-16)10-21/h7-12H,1-6H3. The molecule has 0 aliphatic heterocycles. The van der Waals surface area contributed by atoms with Gasteiger partial charge in [-0.2, -0.15) is 0 Å². The minimum absolute atomic E-state index is 0.0905. The molecule has 0 N–H and O–H groups in total. The number of sulfonamides is 1. The third-order valence-corrected chi connectivity index (χ3v) is 7.22. The van der Waals surface area contributed by atoms with Gasteiger partial charge in [0, 0.05) is 6.04 Å². The second-order valence-electron chi connectivity index (χ2n) is 6.51. The first kappa shape index (κ1) is 20.4. The van der Waals surface area contributed by atoms with Crippen molar-refractivity contribution in [2.45, 2.75) is 57.9 Å². The lowest BCUT2D eigenvalue weighted by Crippen LogP contribution is -2.37. The van der Waals surface area contributed by atoms with Gasteiger partial charge >= 0.3 is 0 Å². The van der Waals surface area contributed by atoms with E-state index in [4.69, 9.17) is 4.74 Å². The molecule has 0 amide bonds. The van der Waals surface area contributed by atoms with Crippen molar-refractivity contribution in [3.8, 4) is 5.75 Å². The van der Waals surface area contributed by atoms with Crippen LogP contribution in [0.2, 0.25) is 0 Å². The van der Waals surface area contributed by atoms with Crippen molar-refractivity contribution in [2.24, 2.45) is 0 Å². The summed E-state index contributed by atoms with van der Waals surface area (Å²) in [6.45, 7) is 10.8. The van der Waals surface area contributed by atoms with Crippen molar-refractivity contribution in [1.82, 2.24) is 4.98 Å². The Hall–Kier alpha value is -1.93. The molecule has 0 saturated carbocycles. The van der Waals surface area contributed by atoms with E-state index in [0.717, 1.165) is 11.3 Å². The fraction of sp³-hybridized carbons (Fsp3) is 0.444. The first-order valence-electron chi connectivity index (χ1n) is 8.32. The molecule has 0 radical (unpaired) electrons. The number of hydrogen-bond acceptors (Lipinski definition) is 6. The third-order valence-electron chi connectivity index (χ3n) is 3.56. The molecule has 142 valence electrons. The van der Waals surface area contributed by atoms with Crippen LogP contribution in [0.25, 0.3) is 0 Å². The number of rotatable bonds is 7. The van der Waals surface area contributed by atoms with Crippen LogP contribution in [-0.4, -0.2) is 31.8 Å². The van der Waals surface area contributed by atoms with E-state index in [1.54, 1.807) is 45.9 Å². The number of thiazole rings is 1. The molecule has 8 heteroatoms. The van der Waals surface area contributed by atoms with E-state index < -0.39 is 10.0 Å². The number of carbonyl (C=O) groups excluding carboxylic acids is 1. The van der Waals surface area contributed by atoms with Crippen molar-refractivity contribution in [2.75, 3.05) is 4.31 Å². The van der Waals surface area contributed by atoms with Gasteiger partial charge in [-0.15, -0.1) is 11.3 Å². The molecule has 6 nitrogen and oxygen atoms in total. The molecule has 0 fully saturated rings. The van der Waals surface area contributed by atoms with E-state index in [9.17, 15) is 13.2 Å². The highest BCUT2D eigenvalue weighted by atomic mass is 32.2. The lowest BCUT2D eigenvalue weighted by Gasteiger charge is -2.28. The van der Waals surface area contributed by atoms with Crippen LogP contribution in [-0.2, 0) is 10.0 Å². The normalized spacial score (nSPS) is 11.8. The summed E-state index contributed by atoms with van der Waals surface area (Å²) in [5.41, 5.74) is 1.21. The van der Waals surface area contributed by atoms with E-state index in [0.29, 0.717) is 34.0 Å². The number of ether oxygens (including phenoxy) is 1. The number of anilines is 1. The molecule has 0 saturated heterocycles. The molecule has 2 rings (SSSR count). The number of aromatic nitrogens is 1. The summed E-state index contributed by atoms with van der Waals surface area (Å²) in [4.78, 5) is 15.7. The zero-order valence-electron chi connectivity index (χ0n) is 15.8. The summed E-state index contributed by atoms with van der Waals surface area (Å²) in [5, 5.41) is 0.694. The SMILES string of the molecule is Cc1nc(C)c(S(=O)(=O)N(c2ccc(OC(C)C)c(C=O)c2)C(C)C)s1. The first-order chi connectivity index (χ1) is 12.1. The number of hydrogen-bond donors (Lipinski definition) is 0. The quantitative estimate of drug-likeness (QED) is 0.662. The van der Waals surface area contributed by atoms with Gasteiger partial charge in [-0.05, 0) is 59.7 Å². The Morgan fingerprint density at radius 1 is 1.19 bits per heavy atom. The lowest BCUT2D eigenvalue weighted by atomic mass is 10.2. The molecule has 0 aliphatic carbocycles. The summed E-state index contributed by atoms with van der Waals surface area (Å²) in [6.07, 6.45) is 0.585. The summed E-state index contributed by atoms with van der Waals surface area (Å²) < 4.78 is 33.7. The Kier molecular flexibility index (Phi) is 6.08. The Bertz CT molecular complexity index is 902. The zero-order valence-corrected chi connectivity index (χ0v) is 17.4. The van der Waals surface area contributed by atoms with Crippen LogP contribution in [0.15, 0.2) is 22.4 Å². The topological polar surface area (TPSA) is 76.6 Å². The minimum atomic E-state index is -3.79. The monoisotopic (exact) mass is 396 g/mol. The molecule has 1 heterocycles. The van der Waals surface area contributed by atoms with Crippen LogP contribution < -0.4 is 9.04 Å². The molecule has 26 heavy (non-hydrogen) atoms. The molecule has 0 atom stereocenters. The van der Waals surface area contributed by atoms with Crippen molar-refractivity contribution in [3.05, 3.63) is 34.5 Å². The van der Waals surface area contributed by atoms with Gasteiger partial charge in [-0.3, -0.25) is 9.10 Å². The molecular weight excluding hydrogens is 372 g/mol. The number of nitrogens with zero attached hydrogens (tertiary/aromatic N) is 2. The Balaban J connectivity index is 2.57. The van der Waals surface area contributed by atoms with E-state index >= 15 is 0 Å². The second-order valence-corrected chi connectivity index (χ2v) is 9.72. The third kappa shape index (κ3) is 4.07. The highest BCUT2D eigenvalue weighted by Gasteiger charge is 2.31. The molecule has 0 spiro atoms. The fourth-order valence-electron chi connectivity index (χ4n) is 2.68. The van der Waals surface area contributed by atoms with Gasteiger partial charge in [0.1, 0.15) is 5.75 Å². The van der Waals surface area contributed by atoms with Crippen LogP contribution in [0.3, 0.4) is 0 Å². The average molecular weight is 397 g/mol. The summed E-state index contributed by atoms with van der Waals surface area (Å²) >= 11 is 1.15. The molecule has 0 bridgehead atoms. The zero-order chi connectivity index (χ0) is 19.6. The predicted octanol–water partition coefficient (Wildman–Crippen LogP) is 3.96. The molecule has 0 aliphatic rings. The smallest absolute Gasteiger partial charge is 0.275 e. The van der Waals surface area contributed by atoms with E-state index in [-0.39, 0.29) is 16.4 Å². The molecule has 0 unspecified atom stereocenters. The van der Waals surface area contributed by atoms with Gasteiger partial charge in [0.2, 0.25) is 0 Å². The van der Waals surface area contributed by atoms with Gasteiger partial charge in [0.05, 0.1) is 28.1 Å². The highest BCUT2D eigenvalue weighted by molar-refractivity contribution is 7.94. The second kappa shape index (κ2) is 7.75. The Labute approximate surface area is 158 Å². The molecule has 1 aromatic heterocycles. The summed E-state index contributed by atoms with van der Waals surface area (Å²) in [7, 11) is -3.79. The number of benzene rings is 1. The fourth-order valence-corrected chi connectivity index (χ4v) is 5.89. The Morgan fingerprint density at radius 2 is 1.85 bits per heavy atom. The lowest BCUT2D eigenvalue weighted by molar-refractivity contribution is 0.111. The van der Waals surface area contributed by atoms with Gasteiger partial charge in [0.15, 0.2) is 10.5 Å². The van der Waals surface area contributed by atoms with Gasteiger partial charge in [0.25, 0.3) is 10.0 Å². The van der Waals surface area contributed by atoms with Crippen LogP contribution in [0.4, 0.5) is 5.69 Å². The first-order valence-corrected chi connectivity index (χ1v) is 10.6. The number of aryl methyl sites for hydroxylation is 2.